The Kier molecular flexibility index (Phi) is 4.95. The Morgan fingerprint density at radius 2 is 1.95 bits per heavy atom. The van der Waals surface area contributed by atoms with E-state index in [9.17, 15) is 4.79 Å². The molecule has 1 atom stereocenters. The van der Waals surface area contributed by atoms with Gasteiger partial charge in [-0.15, -0.1) is 0 Å². The Labute approximate surface area is 121 Å². The Morgan fingerprint density at radius 3 is 2.50 bits per heavy atom. The number of hydrogen-bond donors (Lipinski definition) is 1. The summed E-state index contributed by atoms with van der Waals surface area (Å²) in [6.45, 7) is 9.54. The van der Waals surface area contributed by atoms with E-state index in [2.05, 4.69) is 28.2 Å². The molecule has 1 fully saturated rings. The number of nitrogens with zero attached hydrogens (tertiary/aromatic N) is 3. The van der Waals surface area contributed by atoms with Crippen molar-refractivity contribution in [3.8, 4) is 0 Å². The molecule has 0 radical (unpaired) electrons. The first-order chi connectivity index (χ1) is 9.58. The van der Waals surface area contributed by atoms with E-state index in [4.69, 9.17) is 0 Å². The molecule has 110 valence electrons. The van der Waals surface area contributed by atoms with Crippen molar-refractivity contribution in [1.82, 2.24) is 20.1 Å². The first-order valence-corrected chi connectivity index (χ1v) is 7.27. The lowest BCUT2D eigenvalue weighted by molar-refractivity contribution is 0.113. The monoisotopic (exact) mass is 276 g/mol. The number of aromatic nitrogens is 1. The minimum atomic E-state index is 0.0497. The van der Waals surface area contributed by atoms with Gasteiger partial charge in [0.05, 0.1) is 0 Å². The van der Waals surface area contributed by atoms with Crippen LogP contribution in [-0.4, -0.2) is 53.0 Å². The first kappa shape index (κ1) is 14.8. The molecule has 1 N–H and O–H groups in total. The van der Waals surface area contributed by atoms with E-state index >= 15 is 0 Å². The second-order valence-corrected chi connectivity index (χ2v) is 5.59. The van der Waals surface area contributed by atoms with Gasteiger partial charge in [0.15, 0.2) is 0 Å². The van der Waals surface area contributed by atoms with Crippen LogP contribution >= 0.6 is 0 Å². The molecule has 5 nitrogen and oxygen atoms in total. The van der Waals surface area contributed by atoms with Crippen molar-refractivity contribution in [3.05, 3.63) is 30.1 Å². The predicted octanol–water partition coefficient (Wildman–Crippen LogP) is 1.88. The van der Waals surface area contributed by atoms with Gasteiger partial charge in [-0.2, -0.15) is 0 Å². The average Bonchev–Trinajstić information content (AvgIpc) is 2.47. The van der Waals surface area contributed by atoms with Crippen LogP contribution in [-0.2, 0) is 0 Å². The van der Waals surface area contributed by atoms with Crippen LogP contribution in [0.4, 0.5) is 4.79 Å². The van der Waals surface area contributed by atoms with E-state index in [-0.39, 0.29) is 12.1 Å². The van der Waals surface area contributed by atoms with Gasteiger partial charge in [-0.3, -0.25) is 9.88 Å². The van der Waals surface area contributed by atoms with Gasteiger partial charge in [0.25, 0.3) is 0 Å². The number of rotatable bonds is 3. The molecule has 1 aromatic rings. The minimum absolute atomic E-state index is 0.0497. The summed E-state index contributed by atoms with van der Waals surface area (Å²) in [5.41, 5.74) is 1.23. The van der Waals surface area contributed by atoms with Gasteiger partial charge in [0, 0.05) is 50.7 Å². The number of urea groups is 1. The maximum absolute atomic E-state index is 11.9. The molecule has 5 heteroatoms. The minimum Gasteiger partial charge on any atom is -0.336 e. The number of nitrogens with one attached hydrogen (secondary N) is 1. The molecule has 1 aliphatic rings. The van der Waals surface area contributed by atoms with E-state index < -0.39 is 0 Å². The van der Waals surface area contributed by atoms with Crippen LogP contribution in [0.1, 0.15) is 32.4 Å². The molecule has 0 aromatic carbocycles. The SMILES string of the molecule is CC(C)NC(=O)N1CCN(C(C)c2cccnc2)CC1. The fourth-order valence-electron chi connectivity index (χ4n) is 2.48. The second kappa shape index (κ2) is 6.70. The summed E-state index contributed by atoms with van der Waals surface area (Å²) in [7, 11) is 0. The van der Waals surface area contributed by atoms with Crippen LogP contribution in [0.15, 0.2) is 24.5 Å². The molecule has 0 spiro atoms. The maximum atomic E-state index is 11.9. The van der Waals surface area contributed by atoms with Crippen LogP contribution in [0.25, 0.3) is 0 Å². The van der Waals surface area contributed by atoms with Crippen molar-refractivity contribution in [2.24, 2.45) is 0 Å². The number of pyridine rings is 1. The van der Waals surface area contributed by atoms with Gasteiger partial charge >= 0.3 is 6.03 Å². The van der Waals surface area contributed by atoms with Gasteiger partial charge in [-0.25, -0.2) is 4.79 Å². The molecule has 1 unspecified atom stereocenters. The lowest BCUT2D eigenvalue weighted by Crippen LogP contribution is -2.53. The van der Waals surface area contributed by atoms with Crippen LogP contribution in [0.5, 0.6) is 0 Å². The summed E-state index contributed by atoms with van der Waals surface area (Å²) in [6.07, 6.45) is 3.72. The number of piperazine rings is 1. The Hall–Kier alpha value is -1.62. The Morgan fingerprint density at radius 1 is 1.25 bits per heavy atom. The molecule has 20 heavy (non-hydrogen) atoms. The fourth-order valence-corrected chi connectivity index (χ4v) is 2.48. The van der Waals surface area contributed by atoms with Crippen LogP contribution in [0, 0.1) is 0 Å². The van der Waals surface area contributed by atoms with Gasteiger partial charge in [-0.05, 0) is 32.4 Å². The predicted molar refractivity (Wildman–Crippen MR) is 79.5 cm³/mol. The quantitative estimate of drug-likeness (QED) is 0.917. The van der Waals surface area contributed by atoms with Crippen molar-refractivity contribution in [2.45, 2.75) is 32.9 Å². The second-order valence-electron chi connectivity index (χ2n) is 5.59. The van der Waals surface area contributed by atoms with Crippen LogP contribution in [0.2, 0.25) is 0 Å². The van der Waals surface area contributed by atoms with Gasteiger partial charge in [0.1, 0.15) is 0 Å². The number of carbonyl (C=O) groups is 1. The summed E-state index contributed by atoms with van der Waals surface area (Å²) in [6, 6.07) is 4.66. The van der Waals surface area contributed by atoms with Crippen molar-refractivity contribution >= 4 is 6.03 Å². The van der Waals surface area contributed by atoms with Gasteiger partial charge < -0.3 is 10.2 Å². The molecule has 2 rings (SSSR count). The van der Waals surface area contributed by atoms with E-state index in [1.54, 1.807) is 6.20 Å². The topological polar surface area (TPSA) is 48.5 Å². The largest absolute Gasteiger partial charge is 0.336 e. The standard InChI is InChI=1S/C15H24N4O/c1-12(2)17-15(20)19-9-7-18(8-10-19)13(3)14-5-4-6-16-11-14/h4-6,11-13H,7-10H2,1-3H3,(H,17,20). The summed E-state index contributed by atoms with van der Waals surface area (Å²) < 4.78 is 0. The average molecular weight is 276 g/mol. The smallest absolute Gasteiger partial charge is 0.317 e. The highest BCUT2D eigenvalue weighted by Gasteiger charge is 2.24. The molecule has 1 aromatic heterocycles. The van der Waals surface area contributed by atoms with E-state index in [0.717, 1.165) is 26.2 Å². The van der Waals surface area contributed by atoms with E-state index in [0.29, 0.717) is 6.04 Å². The van der Waals surface area contributed by atoms with Crippen molar-refractivity contribution in [2.75, 3.05) is 26.2 Å². The van der Waals surface area contributed by atoms with Crippen molar-refractivity contribution < 1.29 is 4.79 Å². The van der Waals surface area contributed by atoms with E-state index in [1.807, 2.05) is 31.0 Å². The summed E-state index contributed by atoms with van der Waals surface area (Å²) in [5, 5.41) is 2.95. The molecule has 2 heterocycles. The Balaban J connectivity index is 1.87. The third-order valence-corrected chi connectivity index (χ3v) is 3.73. The zero-order valence-corrected chi connectivity index (χ0v) is 12.5. The van der Waals surface area contributed by atoms with Crippen LogP contribution in [0.3, 0.4) is 0 Å². The highest BCUT2D eigenvalue weighted by molar-refractivity contribution is 5.74. The molecule has 2 amide bonds. The summed E-state index contributed by atoms with van der Waals surface area (Å²) in [5.74, 6) is 0. The Bertz CT molecular complexity index is 427. The highest BCUT2D eigenvalue weighted by Crippen LogP contribution is 2.20. The highest BCUT2D eigenvalue weighted by atomic mass is 16.2. The first-order valence-electron chi connectivity index (χ1n) is 7.27. The van der Waals surface area contributed by atoms with Crippen molar-refractivity contribution in [3.63, 3.8) is 0 Å². The summed E-state index contributed by atoms with van der Waals surface area (Å²) >= 11 is 0. The lowest BCUT2D eigenvalue weighted by Gasteiger charge is -2.38. The zero-order valence-electron chi connectivity index (χ0n) is 12.5. The molecular formula is C15H24N4O. The third-order valence-electron chi connectivity index (χ3n) is 3.73. The molecular weight excluding hydrogens is 252 g/mol. The van der Waals surface area contributed by atoms with E-state index in [1.165, 1.54) is 5.56 Å². The van der Waals surface area contributed by atoms with Gasteiger partial charge in [0.2, 0.25) is 0 Å². The molecule has 0 saturated carbocycles. The summed E-state index contributed by atoms with van der Waals surface area (Å²) in [4.78, 5) is 20.4. The third kappa shape index (κ3) is 3.70. The van der Waals surface area contributed by atoms with Crippen molar-refractivity contribution in [1.29, 1.82) is 0 Å². The molecule has 1 aliphatic heterocycles. The lowest BCUT2D eigenvalue weighted by atomic mass is 10.1. The number of carbonyl (C=O) groups excluding carboxylic acids is 1. The number of amides is 2. The fraction of sp³-hybridized carbons (Fsp3) is 0.600. The van der Waals surface area contributed by atoms with Crippen LogP contribution < -0.4 is 5.32 Å². The molecule has 1 saturated heterocycles. The zero-order chi connectivity index (χ0) is 14.5. The maximum Gasteiger partial charge on any atom is 0.317 e. The normalized spacial score (nSPS) is 18.1. The number of hydrogen-bond acceptors (Lipinski definition) is 3. The van der Waals surface area contributed by atoms with Gasteiger partial charge in [-0.1, -0.05) is 6.07 Å². The molecule has 0 bridgehead atoms. The molecule has 0 aliphatic carbocycles.